The molecule has 62 valence electrons. The first-order valence-corrected chi connectivity index (χ1v) is 3.00. The van der Waals surface area contributed by atoms with E-state index in [1.807, 2.05) is 0 Å². The summed E-state index contributed by atoms with van der Waals surface area (Å²) in [4.78, 5) is 0. The van der Waals surface area contributed by atoms with Gasteiger partial charge in [-0.2, -0.15) is 4.21 Å². The molecule has 1 unspecified atom stereocenters. The maximum absolute atomic E-state index is 9.67. The smallest absolute Gasteiger partial charge is 0.346 e. The van der Waals surface area contributed by atoms with Crippen LogP contribution in [0.5, 0.6) is 0 Å². The van der Waals surface area contributed by atoms with Crippen LogP contribution >= 0.6 is 0 Å². The molecule has 0 bridgehead atoms. The van der Waals surface area contributed by atoms with Crippen LogP contribution in [0.1, 0.15) is 0 Å². The molecule has 0 aliphatic carbocycles. The third-order valence-corrected chi connectivity index (χ3v) is 0.918. The van der Waals surface area contributed by atoms with E-state index in [1.165, 1.54) is 0 Å². The van der Waals surface area contributed by atoms with E-state index in [9.17, 15) is 4.21 Å². The summed E-state index contributed by atoms with van der Waals surface area (Å²) in [5.74, 6) is -3.42. The molecule has 0 aliphatic heterocycles. The molecule has 0 saturated carbocycles. The average Bonchev–Trinajstić information content (AvgIpc) is 1.60. The highest BCUT2D eigenvalue weighted by molar-refractivity contribution is 7.74. The molecule has 0 rings (SSSR count). The second kappa shape index (κ2) is 3.34. The van der Waals surface area contributed by atoms with Crippen molar-refractivity contribution >= 4 is 11.4 Å². The first-order chi connectivity index (χ1) is 4.36. The lowest BCUT2D eigenvalue weighted by Gasteiger charge is -2.19. The molecule has 0 aromatic rings. The minimum atomic E-state index is -3.42. The number of aliphatic hydroxyl groups is 4. The van der Waals surface area contributed by atoms with Crippen LogP contribution in [0, 0.1) is 0 Å². The monoisotopic (exact) mass is 174 g/mol. The molecular weight excluding hydrogens is 168 g/mol. The lowest BCUT2D eigenvalue weighted by molar-refractivity contribution is -0.380. The molecule has 0 heterocycles. The van der Waals surface area contributed by atoms with Gasteiger partial charge < -0.3 is 20.4 Å². The maximum atomic E-state index is 9.67. The van der Waals surface area contributed by atoms with Crippen molar-refractivity contribution in [1.82, 2.24) is 0 Å². The molecule has 1 atom stereocenters. The van der Waals surface area contributed by atoms with Crippen molar-refractivity contribution in [1.29, 1.82) is 0 Å². The van der Waals surface area contributed by atoms with Crippen LogP contribution in [0.3, 0.4) is 0 Å². The van der Waals surface area contributed by atoms with Gasteiger partial charge in [-0.15, -0.1) is 0 Å². The van der Waals surface area contributed by atoms with Crippen LogP contribution in [-0.2, 0) is 15.5 Å². The van der Waals surface area contributed by atoms with E-state index >= 15 is 0 Å². The number of rotatable bonds is 3. The van der Waals surface area contributed by atoms with Crippen LogP contribution in [0.25, 0.3) is 0 Å². The summed E-state index contributed by atoms with van der Waals surface area (Å²) in [5.41, 5.74) is 0. The summed E-state index contributed by atoms with van der Waals surface area (Å²) in [6.45, 7) is 0. The molecule has 10 heavy (non-hydrogen) atoms. The van der Waals surface area contributed by atoms with Crippen molar-refractivity contribution in [2.45, 2.75) is 12.3 Å². The summed E-state index contributed by atoms with van der Waals surface area (Å²) < 4.78 is 20.8. The van der Waals surface area contributed by atoms with Crippen LogP contribution in [-0.4, -0.2) is 41.5 Å². The Morgan fingerprint density at radius 2 is 1.80 bits per heavy atom. The fourth-order valence-corrected chi connectivity index (χ4v) is 0.444. The van der Waals surface area contributed by atoms with Crippen LogP contribution in [0.15, 0.2) is 0 Å². The molecule has 0 aromatic heterocycles. The van der Waals surface area contributed by atoms with Crippen molar-refractivity contribution < 1.29 is 33.4 Å². The largest absolute Gasteiger partial charge is 0.362 e. The van der Waals surface area contributed by atoms with Crippen LogP contribution in [0.2, 0.25) is 0 Å². The summed E-state index contributed by atoms with van der Waals surface area (Å²) in [6.07, 6.45) is -2.66. The van der Waals surface area contributed by atoms with Gasteiger partial charge >= 0.3 is 17.3 Å². The Hall–Kier alpha value is -0.0900. The fraction of sp³-hybridized carbons (Fsp3) is 1.00. The van der Waals surface area contributed by atoms with Gasteiger partial charge in [0.15, 0.2) is 0 Å². The Morgan fingerprint density at radius 1 is 1.40 bits per heavy atom. The van der Waals surface area contributed by atoms with Gasteiger partial charge in [0.25, 0.3) is 0 Å². The minimum Gasteiger partial charge on any atom is -0.362 e. The van der Waals surface area contributed by atoms with Gasteiger partial charge in [0, 0.05) is 0 Å². The Kier molecular flexibility index (Phi) is 3.31. The number of hydrogen-bond donors (Lipinski definition) is 5. The molecule has 8 heteroatoms. The molecule has 0 fully saturated rings. The van der Waals surface area contributed by atoms with E-state index in [0.717, 1.165) is 0 Å². The molecule has 7 nitrogen and oxygen atoms in total. The second-order valence-electron chi connectivity index (χ2n) is 1.33. The van der Waals surface area contributed by atoms with Gasteiger partial charge in [-0.25, -0.2) is 4.18 Å². The van der Waals surface area contributed by atoms with E-state index < -0.39 is 23.6 Å². The van der Waals surface area contributed by atoms with Crippen molar-refractivity contribution in [3.8, 4) is 0 Å². The van der Waals surface area contributed by atoms with Crippen LogP contribution < -0.4 is 0 Å². The van der Waals surface area contributed by atoms with Crippen LogP contribution in [0.4, 0.5) is 0 Å². The second-order valence-corrected chi connectivity index (χ2v) is 1.93. The zero-order valence-electron chi connectivity index (χ0n) is 4.54. The zero-order chi connectivity index (χ0) is 8.36. The number of aliphatic hydroxyl groups excluding tert-OH is 1. The molecule has 5 N–H and O–H groups in total. The minimum absolute atomic E-state index is 2.66. The van der Waals surface area contributed by atoms with Crippen molar-refractivity contribution in [3.63, 3.8) is 0 Å². The highest BCUT2D eigenvalue weighted by Gasteiger charge is 2.35. The molecule has 0 aliphatic rings. The van der Waals surface area contributed by atoms with E-state index in [0.29, 0.717) is 0 Å². The highest BCUT2D eigenvalue weighted by Crippen LogP contribution is 2.06. The zero-order valence-corrected chi connectivity index (χ0v) is 5.35. The Bertz CT molecular complexity index is 130. The quantitative estimate of drug-likeness (QED) is 0.229. The molecule has 0 saturated heterocycles. The van der Waals surface area contributed by atoms with Gasteiger partial charge in [-0.05, 0) is 0 Å². The summed E-state index contributed by atoms with van der Waals surface area (Å²) in [6, 6.07) is 0. The Labute approximate surface area is 58.0 Å². The predicted octanol–water partition coefficient (Wildman–Crippen LogP) is -2.91. The van der Waals surface area contributed by atoms with E-state index in [1.54, 1.807) is 0 Å². The topological polar surface area (TPSA) is 127 Å². The Morgan fingerprint density at radius 3 is 1.90 bits per heavy atom. The van der Waals surface area contributed by atoms with Crippen molar-refractivity contribution in [2.75, 3.05) is 0 Å². The predicted molar refractivity (Wildman–Crippen MR) is 27.3 cm³/mol. The van der Waals surface area contributed by atoms with Gasteiger partial charge in [0.1, 0.15) is 0 Å². The lowest BCUT2D eigenvalue weighted by atomic mass is 10.5. The van der Waals surface area contributed by atoms with Crippen molar-refractivity contribution in [3.05, 3.63) is 0 Å². The normalized spacial score (nSPS) is 15.8. The average molecular weight is 174 g/mol. The highest BCUT2D eigenvalue weighted by atomic mass is 32.2. The molecule has 0 radical (unpaired) electrons. The summed E-state index contributed by atoms with van der Waals surface area (Å²) in [7, 11) is 0. The molecular formula is C2H6O7S. The van der Waals surface area contributed by atoms with E-state index in [2.05, 4.69) is 4.18 Å². The van der Waals surface area contributed by atoms with Crippen molar-refractivity contribution in [2.24, 2.45) is 0 Å². The first-order valence-electron chi connectivity index (χ1n) is 1.97. The third kappa shape index (κ3) is 3.17. The molecule has 0 amide bonds. The van der Waals surface area contributed by atoms with Gasteiger partial charge in [0.05, 0.1) is 0 Å². The SMILES string of the molecule is O=S(O)OC(O)(O)C(O)O. The molecule has 0 aromatic carbocycles. The van der Waals surface area contributed by atoms with Gasteiger partial charge in [-0.1, -0.05) is 0 Å². The molecule has 0 spiro atoms. The first kappa shape index (κ1) is 9.91. The van der Waals surface area contributed by atoms with E-state index in [-0.39, 0.29) is 0 Å². The summed E-state index contributed by atoms with van der Waals surface area (Å²) in [5, 5.41) is 32.5. The Balaban J connectivity index is 3.99. The van der Waals surface area contributed by atoms with E-state index in [4.69, 9.17) is 25.0 Å². The lowest BCUT2D eigenvalue weighted by Crippen LogP contribution is -2.45. The third-order valence-electron chi connectivity index (χ3n) is 0.530. The fourth-order valence-electron chi connectivity index (χ4n) is 0.148. The van der Waals surface area contributed by atoms with Gasteiger partial charge in [-0.3, -0.25) is 4.55 Å². The van der Waals surface area contributed by atoms with Gasteiger partial charge in [0.2, 0.25) is 6.29 Å². The summed E-state index contributed by atoms with van der Waals surface area (Å²) >= 11 is -2.98. The maximum Gasteiger partial charge on any atom is 0.346 e. The standard InChI is InChI=1S/C2H6O7S/c3-1(4)2(5,6)9-10(7)8/h1,3-6H,(H,7,8). The number of hydrogen-bond acceptors (Lipinski definition) is 6.